The van der Waals surface area contributed by atoms with E-state index in [2.05, 4.69) is 27.7 Å². The molecule has 0 heterocycles. The van der Waals surface area contributed by atoms with Crippen LogP contribution in [0.5, 0.6) is 0 Å². The van der Waals surface area contributed by atoms with Crippen LogP contribution in [-0.2, 0) is 0 Å². The number of carboxylic acid groups (broad SMARTS) is 1. The SMILES string of the molecule is CCCCCCCCCCCCCC[P+](CCCCCC)(CCCCCC)CCCCCC.O=C([O-])c1ccccc1[N+](=O)[O-]. The molecule has 0 N–H and O–H groups in total. The quantitative estimate of drug-likeness (QED) is 0.0359. The summed E-state index contributed by atoms with van der Waals surface area (Å²) < 4.78 is 0. The lowest BCUT2D eigenvalue weighted by Crippen LogP contribution is -2.23. The van der Waals surface area contributed by atoms with Crippen molar-refractivity contribution in [2.75, 3.05) is 24.6 Å². The molecule has 0 atom stereocenters. The predicted octanol–water partition coefficient (Wildman–Crippen LogP) is 12.4. The molecule has 5 nitrogen and oxygen atoms in total. The highest BCUT2D eigenvalue weighted by Gasteiger charge is 2.34. The van der Waals surface area contributed by atoms with Crippen molar-refractivity contribution in [3.05, 3.63) is 39.9 Å². The minimum atomic E-state index is -1.54. The van der Waals surface area contributed by atoms with Gasteiger partial charge in [0.15, 0.2) is 0 Å². The van der Waals surface area contributed by atoms with E-state index in [-0.39, 0.29) is 0 Å². The van der Waals surface area contributed by atoms with E-state index in [0.29, 0.717) is 0 Å². The Kier molecular flexibility index (Phi) is 30.1. The molecule has 0 saturated heterocycles. The van der Waals surface area contributed by atoms with Crippen LogP contribution in [0.25, 0.3) is 0 Å². The second-order valence-corrected chi connectivity index (χ2v) is 17.8. The first kappa shape index (κ1) is 43.5. The van der Waals surface area contributed by atoms with Gasteiger partial charge in [-0.15, -0.1) is 0 Å². The number of nitrogens with zero attached hydrogens (tertiary/aromatic N) is 1. The standard InChI is InChI=1S/C32H68P.C7H5NO4/c1-5-9-13-17-18-19-20-21-22-23-24-28-32-33(29-25-14-10-6-2,30-26-15-11-7-3)31-27-16-12-8-4;9-7(10)5-3-1-2-4-6(5)8(11)12/h5-32H2,1-4H3;1-4H,(H,9,10)/q+1;/p-1. The highest BCUT2D eigenvalue weighted by Crippen LogP contribution is 2.61. The summed E-state index contributed by atoms with van der Waals surface area (Å²) in [7, 11) is -0.697. The topological polar surface area (TPSA) is 83.3 Å². The Morgan fingerprint density at radius 2 is 0.822 bits per heavy atom. The summed E-state index contributed by atoms with van der Waals surface area (Å²) in [6.07, 6.45) is 42.1. The molecule has 0 aliphatic rings. The summed E-state index contributed by atoms with van der Waals surface area (Å²) in [5.74, 6) is -1.54. The normalized spacial score (nSPS) is 11.3. The zero-order valence-corrected chi connectivity index (χ0v) is 31.0. The van der Waals surface area contributed by atoms with Crippen molar-refractivity contribution in [2.45, 2.75) is 182 Å². The largest absolute Gasteiger partial charge is 0.545 e. The van der Waals surface area contributed by atoms with Crippen LogP contribution >= 0.6 is 7.26 Å². The van der Waals surface area contributed by atoms with Gasteiger partial charge in [0.25, 0.3) is 5.69 Å². The van der Waals surface area contributed by atoms with Crippen LogP contribution in [0.4, 0.5) is 5.69 Å². The Bertz CT molecular complexity index is 767. The summed E-state index contributed by atoms with van der Waals surface area (Å²) in [5.41, 5.74) is -0.847. The first-order valence-electron chi connectivity index (χ1n) is 19.2. The van der Waals surface area contributed by atoms with Crippen LogP contribution in [0.2, 0.25) is 0 Å². The number of carbonyl (C=O) groups excluding carboxylic acids is 1. The van der Waals surface area contributed by atoms with Crippen LogP contribution in [-0.4, -0.2) is 35.5 Å². The monoisotopic (exact) mass is 650 g/mol. The molecule has 0 saturated carbocycles. The van der Waals surface area contributed by atoms with Crippen molar-refractivity contribution < 1.29 is 14.8 Å². The van der Waals surface area contributed by atoms with Gasteiger partial charge in [-0.05, 0) is 57.4 Å². The number of hydrogen-bond donors (Lipinski definition) is 0. The van der Waals surface area contributed by atoms with Crippen molar-refractivity contribution in [2.24, 2.45) is 0 Å². The zero-order valence-electron chi connectivity index (χ0n) is 30.1. The van der Waals surface area contributed by atoms with Crippen LogP contribution in [0.3, 0.4) is 0 Å². The molecule has 0 aliphatic heterocycles. The highest BCUT2D eigenvalue weighted by atomic mass is 31.2. The number of carbonyl (C=O) groups is 1. The Balaban J connectivity index is 0.00000133. The molecule has 1 rings (SSSR count). The third-order valence-electron chi connectivity index (χ3n) is 9.26. The smallest absolute Gasteiger partial charge is 0.278 e. The summed E-state index contributed by atoms with van der Waals surface area (Å²) in [6.45, 7) is 9.41. The lowest BCUT2D eigenvalue weighted by molar-refractivity contribution is -0.385. The molecule has 262 valence electrons. The maximum atomic E-state index is 10.3. The van der Waals surface area contributed by atoms with Gasteiger partial charge in [-0.1, -0.05) is 143 Å². The number of rotatable bonds is 30. The Labute approximate surface area is 279 Å². The van der Waals surface area contributed by atoms with E-state index in [4.69, 9.17) is 0 Å². The molecule has 0 aliphatic carbocycles. The molecular weight excluding hydrogens is 577 g/mol. The van der Waals surface area contributed by atoms with Gasteiger partial charge < -0.3 is 9.90 Å². The number of para-hydroxylation sites is 1. The van der Waals surface area contributed by atoms with Crippen molar-refractivity contribution in [3.8, 4) is 0 Å². The molecule has 0 bridgehead atoms. The molecule has 1 aromatic rings. The van der Waals surface area contributed by atoms with Crippen LogP contribution < -0.4 is 5.11 Å². The van der Waals surface area contributed by atoms with E-state index < -0.39 is 29.4 Å². The second kappa shape index (κ2) is 31.1. The Morgan fingerprint density at radius 1 is 0.533 bits per heavy atom. The van der Waals surface area contributed by atoms with Crippen LogP contribution in [0.1, 0.15) is 192 Å². The molecule has 0 unspecified atom stereocenters. The van der Waals surface area contributed by atoms with E-state index in [1.165, 1.54) is 141 Å². The minimum Gasteiger partial charge on any atom is -0.545 e. The second-order valence-electron chi connectivity index (χ2n) is 13.4. The van der Waals surface area contributed by atoms with Crippen molar-refractivity contribution >= 4 is 18.9 Å². The molecule has 45 heavy (non-hydrogen) atoms. The molecule has 0 radical (unpaired) electrons. The third-order valence-corrected chi connectivity index (χ3v) is 14.3. The van der Waals surface area contributed by atoms with Gasteiger partial charge in [0, 0.05) is 13.3 Å². The van der Waals surface area contributed by atoms with Gasteiger partial charge in [-0.3, -0.25) is 10.1 Å². The zero-order chi connectivity index (χ0) is 33.4. The number of hydrogen-bond acceptors (Lipinski definition) is 4. The van der Waals surface area contributed by atoms with Gasteiger partial charge in [0.05, 0.1) is 41.1 Å². The molecule has 0 fully saturated rings. The van der Waals surface area contributed by atoms with Crippen LogP contribution in [0.15, 0.2) is 24.3 Å². The molecule has 0 spiro atoms. The lowest BCUT2D eigenvalue weighted by atomic mass is 10.1. The van der Waals surface area contributed by atoms with E-state index in [1.807, 2.05) is 0 Å². The maximum absolute atomic E-state index is 10.3. The van der Waals surface area contributed by atoms with Gasteiger partial charge >= 0.3 is 0 Å². The van der Waals surface area contributed by atoms with Crippen molar-refractivity contribution in [1.29, 1.82) is 0 Å². The fourth-order valence-electron chi connectivity index (χ4n) is 6.39. The summed E-state index contributed by atoms with van der Waals surface area (Å²) in [5, 5.41) is 20.6. The third kappa shape index (κ3) is 24.4. The summed E-state index contributed by atoms with van der Waals surface area (Å²) in [4.78, 5) is 19.8. The Hall–Kier alpha value is -1.48. The van der Waals surface area contributed by atoms with E-state index in [9.17, 15) is 20.0 Å². The highest BCUT2D eigenvalue weighted by molar-refractivity contribution is 7.75. The Morgan fingerprint density at radius 3 is 1.11 bits per heavy atom. The molecule has 1 aromatic carbocycles. The van der Waals surface area contributed by atoms with Crippen LogP contribution in [0, 0.1) is 10.1 Å². The number of nitro groups is 1. The first-order valence-corrected chi connectivity index (χ1v) is 21.7. The molecule has 0 aromatic heterocycles. The molecule has 6 heteroatoms. The maximum Gasteiger partial charge on any atom is 0.278 e. The first-order chi connectivity index (χ1) is 21.9. The molecule has 0 amide bonds. The predicted molar refractivity (Wildman–Crippen MR) is 197 cm³/mol. The fraction of sp³-hybridized carbons (Fsp3) is 0.821. The lowest BCUT2D eigenvalue weighted by Gasteiger charge is -2.28. The van der Waals surface area contributed by atoms with E-state index in [1.54, 1.807) is 50.3 Å². The average Bonchev–Trinajstić information content (AvgIpc) is 3.04. The fourth-order valence-corrected chi connectivity index (χ4v) is 11.3. The van der Waals surface area contributed by atoms with Gasteiger partial charge in [0.2, 0.25) is 0 Å². The average molecular weight is 650 g/mol. The van der Waals surface area contributed by atoms with Gasteiger partial charge in [-0.25, -0.2) is 0 Å². The van der Waals surface area contributed by atoms with E-state index >= 15 is 0 Å². The minimum absolute atomic E-state index is 0.400. The van der Waals surface area contributed by atoms with Crippen molar-refractivity contribution in [1.82, 2.24) is 0 Å². The molecular formula is C39H72NO4P. The number of benzene rings is 1. The summed E-state index contributed by atoms with van der Waals surface area (Å²) >= 11 is 0. The van der Waals surface area contributed by atoms with Crippen molar-refractivity contribution in [3.63, 3.8) is 0 Å². The number of carboxylic acids is 1. The van der Waals surface area contributed by atoms with Gasteiger partial charge in [0.1, 0.15) is 0 Å². The number of nitro benzene ring substituents is 1. The summed E-state index contributed by atoms with van der Waals surface area (Å²) in [6, 6.07) is 5.04. The number of aromatic carboxylic acids is 1. The van der Waals surface area contributed by atoms with Gasteiger partial charge in [-0.2, -0.15) is 0 Å². The number of unbranched alkanes of at least 4 members (excludes halogenated alkanes) is 20. The van der Waals surface area contributed by atoms with E-state index in [0.717, 1.165) is 12.1 Å².